The smallest absolute Gasteiger partial charge is 0.267 e. The van der Waals surface area contributed by atoms with Crippen molar-refractivity contribution in [3.8, 4) is 0 Å². The van der Waals surface area contributed by atoms with Gasteiger partial charge >= 0.3 is 0 Å². The molecule has 26 heavy (non-hydrogen) atoms. The fourth-order valence-corrected chi connectivity index (χ4v) is 3.94. The zero-order chi connectivity index (χ0) is 17.7. The highest BCUT2D eigenvalue weighted by molar-refractivity contribution is 5.89. The molecule has 0 spiro atoms. The average molecular weight is 351 g/mol. The van der Waals surface area contributed by atoms with Gasteiger partial charge in [0.1, 0.15) is 18.0 Å². The first-order chi connectivity index (χ1) is 12.7. The minimum absolute atomic E-state index is 0.00735. The molecule has 0 radical (unpaired) electrons. The molecule has 7 heteroatoms. The van der Waals surface area contributed by atoms with Gasteiger partial charge in [-0.1, -0.05) is 0 Å². The Hall–Kier alpha value is -2.83. The average Bonchev–Trinajstić information content (AvgIpc) is 3.04. The van der Waals surface area contributed by atoms with Gasteiger partial charge in [-0.3, -0.25) is 4.79 Å². The van der Waals surface area contributed by atoms with Crippen molar-refractivity contribution >= 4 is 16.7 Å². The van der Waals surface area contributed by atoms with Gasteiger partial charge in [0.2, 0.25) is 0 Å². The first kappa shape index (κ1) is 15.4. The van der Waals surface area contributed by atoms with Crippen LogP contribution in [0.2, 0.25) is 0 Å². The summed E-state index contributed by atoms with van der Waals surface area (Å²) in [5.41, 5.74) is 2.78. The second kappa shape index (κ2) is 5.86. The van der Waals surface area contributed by atoms with Gasteiger partial charge in [-0.25, -0.2) is 19.0 Å². The Labute approximate surface area is 149 Å². The first-order valence-electron chi connectivity index (χ1n) is 8.92. The largest absolute Gasteiger partial charge is 0.355 e. The molecule has 0 atom stereocenters. The standard InChI is InChI=1S/C19H18FN5O/c20-14-4-5-15-17(7-14)21-11-22-19(15)24-8-12(9-24)10-25-18(26)6-13-2-1-3-16(13)23-25/h4-7,11-12H,1-3,8-10H2. The Balaban J connectivity index is 1.33. The number of hydrogen-bond donors (Lipinski definition) is 0. The summed E-state index contributed by atoms with van der Waals surface area (Å²) in [6, 6.07) is 6.32. The number of anilines is 1. The topological polar surface area (TPSA) is 63.9 Å². The van der Waals surface area contributed by atoms with Crippen molar-refractivity contribution in [2.45, 2.75) is 25.8 Å². The maximum atomic E-state index is 13.4. The zero-order valence-corrected chi connectivity index (χ0v) is 14.2. The fraction of sp³-hybridized carbons (Fsp3) is 0.368. The van der Waals surface area contributed by atoms with Gasteiger partial charge in [0.25, 0.3) is 5.56 Å². The van der Waals surface area contributed by atoms with E-state index in [1.165, 1.54) is 18.5 Å². The predicted molar refractivity (Wildman–Crippen MR) is 95.7 cm³/mol. The highest BCUT2D eigenvalue weighted by atomic mass is 19.1. The Morgan fingerprint density at radius 1 is 1.15 bits per heavy atom. The quantitative estimate of drug-likeness (QED) is 0.722. The number of aryl methyl sites for hydroxylation is 2. The molecule has 1 aliphatic carbocycles. The Kier molecular flexibility index (Phi) is 3.48. The molecule has 0 bridgehead atoms. The number of benzene rings is 1. The molecule has 5 rings (SSSR count). The van der Waals surface area contributed by atoms with E-state index < -0.39 is 0 Å². The second-order valence-corrected chi connectivity index (χ2v) is 7.12. The molecule has 1 aliphatic heterocycles. The molecular formula is C19H18FN5O. The molecule has 132 valence electrons. The summed E-state index contributed by atoms with van der Waals surface area (Å²) in [6.07, 6.45) is 4.49. The normalized spacial score (nSPS) is 16.7. The lowest BCUT2D eigenvalue weighted by Gasteiger charge is -2.40. The summed E-state index contributed by atoms with van der Waals surface area (Å²) in [6.45, 7) is 2.23. The minimum atomic E-state index is -0.300. The van der Waals surface area contributed by atoms with Crippen molar-refractivity contribution in [2.75, 3.05) is 18.0 Å². The summed E-state index contributed by atoms with van der Waals surface area (Å²) in [7, 11) is 0. The van der Waals surface area contributed by atoms with Crippen LogP contribution in [0.5, 0.6) is 0 Å². The zero-order valence-electron chi connectivity index (χ0n) is 14.2. The SMILES string of the molecule is O=c1cc2c(nn1CC1CN(c3ncnc4cc(F)ccc34)C1)CCC2. The summed E-state index contributed by atoms with van der Waals surface area (Å²) < 4.78 is 15.0. The third-order valence-electron chi connectivity index (χ3n) is 5.29. The predicted octanol–water partition coefficient (Wildman–Crippen LogP) is 1.95. The summed E-state index contributed by atoms with van der Waals surface area (Å²) in [5.74, 6) is 0.872. The van der Waals surface area contributed by atoms with Gasteiger partial charge < -0.3 is 4.90 Å². The van der Waals surface area contributed by atoms with Crippen LogP contribution in [-0.4, -0.2) is 32.8 Å². The molecule has 3 heterocycles. The summed E-state index contributed by atoms with van der Waals surface area (Å²) in [4.78, 5) is 22.9. The minimum Gasteiger partial charge on any atom is -0.355 e. The molecule has 0 N–H and O–H groups in total. The Bertz CT molecular complexity index is 1060. The summed E-state index contributed by atoms with van der Waals surface area (Å²) in [5, 5.41) is 5.40. The van der Waals surface area contributed by atoms with Crippen molar-refractivity contribution in [3.05, 3.63) is 58.0 Å². The molecule has 0 saturated carbocycles. The van der Waals surface area contributed by atoms with Crippen LogP contribution in [0.1, 0.15) is 17.7 Å². The van der Waals surface area contributed by atoms with E-state index in [1.54, 1.807) is 16.8 Å². The molecule has 2 aliphatic rings. The fourth-order valence-electron chi connectivity index (χ4n) is 3.94. The van der Waals surface area contributed by atoms with Crippen LogP contribution in [0.25, 0.3) is 10.9 Å². The Morgan fingerprint density at radius 2 is 2.04 bits per heavy atom. The van der Waals surface area contributed by atoms with Crippen LogP contribution in [0.3, 0.4) is 0 Å². The maximum Gasteiger partial charge on any atom is 0.267 e. The number of aromatic nitrogens is 4. The second-order valence-electron chi connectivity index (χ2n) is 7.12. The van der Waals surface area contributed by atoms with Crippen LogP contribution in [-0.2, 0) is 19.4 Å². The Morgan fingerprint density at radius 3 is 2.92 bits per heavy atom. The molecular weight excluding hydrogens is 333 g/mol. The molecule has 3 aromatic rings. The number of halogens is 1. The number of fused-ring (bicyclic) bond motifs is 2. The molecule has 1 aromatic carbocycles. The van der Waals surface area contributed by atoms with Crippen molar-refractivity contribution in [3.63, 3.8) is 0 Å². The van der Waals surface area contributed by atoms with E-state index in [0.717, 1.165) is 54.8 Å². The molecule has 2 aromatic heterocycles. The monoisotopic (exact) mass is 351 g/mol. The van der Waals surface area contributed by atoms with Crippen LogP contribution >= 0.6 is 0 Å². The number of rotatable bonds is 3. The first-order valence-corrected chi connectivity index (χ1v) is 8.92. The van der Waals surface area contributed by atoms with Gasteiger partial charge in [-0.15, -0.1) is 0 Å². The van der Waals surface area contributed by atoms with Crippen LogP contribution in [0, 0.1) is 11.7 Å². The molecule has 0 amide bonds. The van der Waals surface area contributed by atoms with Gasteiger partial charge in [0, 0.05) is 36.5 Å². The number of nitrogens with zero attached hydrogens (tertiary/aromatic N) is 5. The molecule has 1 saturated heterocycles. The van der Waals surface area contributed by atoms with E-state index in [4.69, 9.17) is 0 Å². The third kappa shape index (κ3) is 2.55. The van der Waals surface area contributed by atoms with E-state index >= 15 is 0 Å². The highest BCUT2D eigenvalue weighted by Crippen LogP contribution is 2.29. The highest BCUT2D eigenvalue weighted by Gasteiger charge is 2.30. The van der Waals surface area contributed by atoms with Crippen LogP contribution in [0.4, 0.5) is 10.2 Å². The molecule has 1 fully saturated rings. The van der Waals surface area contributed by atoms with Crippen molar-refractivity contribution in [1.29, 1.82) is 0 Å². The van der Waals surface area contributed by atoms with Crippen molar-refractivity contribution < 1.29 is 4.39 Å². The van der Waals surface area contributed by atoms with Crippen molar-refractivity contribution in [2.24, 2.45) is 5.92 Å². The van der Waals surface area contributed by atoms with E-state index in [-0.39, 0.29) is 11.4 Å². The van der Waals surface area contributed by atoms with E-state index in [1.807, 2.05) is 0 Å². The van der Waals surface area contributed by atoms with Gasteiger partial charge in [0.15, 0.2) is 0 Å². The maximum absolute atomic E-state index is 13.4. The van der Waals surface area contributed by atoms with Gasteiger partial charge in [-0.2, -0.15) is 5.10 Å². The van der Waals surface area contributed by atoms with E-state index in [2.05, 4.69) is 20.0 Å². The molecule has 6 nitrogen and oxygen atoms in total. The van der Waals surface area contributed by atoms with Gasteiger partial charge in [0.05, 0.1) is 17.8 Å². The third-order valence-corrected chi connectivity index (χ3v) is 5.29. The van der Waals surface area contributed by atoms with Crippen LogP contribution in [0.15, 0.2) is 35.4 Å². The van der Waals surface area contributed by atoms with Crippen LogP contribution < -0.4 is 10.5 Å². The van der Waals surface area contributed by atoms with Crippen molar-refractivity contribution in [1.82, 2.24) is 19.7 Å². The van der Waals surface area contributed by atoms with E-state index in [0.29, 0.717) is 18.0 Å². The lowest BCUT2D eigenvalue weighted by molar-refractivity contribution is 0.332. The van der Waals surface area contributed by atoms with Gasteiger partial charge in [-0.05, 0) is 37.0 Å². The van der Waals surface area contributed by atoms with E-state index in [9.17, 15) is 9.18 Å². The lowest BCUT2D eigenvalue weighted by atomic mass is 9.99. The summed E-state index contributed by atoms with van der Waals surface area (Å²) >= 11 is 0. The number of hydrogen-bond acceptors (Lipinski definition) is 5. The molecule has 0 unspecified atom stereocenters. The lowest BCUT2D eigenvalue weighted by Crippen LogP contribution is -2.50.